The molecule has 0 unspecified atom stereocenters. The van der Waals surface area contributed by atoms with Crippen molar-refractivity contribution in [2.24, 2.45) is 7.05 Å². The van der Waals surface area contributed by atoms with Gasteiger partial charge in [-0.2, -0.15) is 0 Å². The lowest BCUT2D eigenvalue weighted by Crippen LogP contribution is -2.44. The van der Waals surface area contributed by atoms with Gasteiger partial charge < -0.3 is 14.2 Å². The molecule has 1 aliphatic heterocycles. The van der Waals surface area contributed by atoms with Gasteiger partial charge in [0.15, 0.2) is 0 Å². The van der Waals surface area contributed by atoms with Crippen LogP contribution in [0.3, 0.4) is 0 Å². The van der Waals surface area contributed by atoms with Crippen molar-refractivity contribution in [1.29, 1.82) is 0 Å². The number of aryl methyl sites for hydroxylation is 2. The number of rotatable bonds is 5. The first-order valence-electron chi connectivity index (χ1n) is 10.6. The van der Waals surface area contributed by atoms with E-state index in [-0.39, 0.29) is 17.5 Å². The second-order valence-corrected chi connectivity index (χ2v) is 8.01. The number of pyridine rings is 1. The van der Waals surface area contributed by atoms with E-state index in [0.29, 0.717) is 5.56 Å². The molecule has 30 heavy (non-hydrogen) atoms. The molecule has 1 saturated heterocycles. The standard InChI is InChI=1S/C25H28N2O3/c1-26-23-12-4-3-11-21(23)22(17-24(26)28)25(29)27-15-6-5-9-19(27)14-13-18-8-7-10-20(16-18)30-2/h3-4,7-8,10-12,16-17,19H,5-6,9,13-15H2,1-2H3/t19-/m1/s1. The minimum Gasteiger partial charge on any atom is -0.497 e. The number of benzene rings is 2. The number of aromatic nitrogens is 1. The lowest BCUT2D eigenvalue weighted by molar-refractivity contribution is 0.0603. The number of ether oxygens (including phenoxy) is 1. The third-order valence-electron chi connectivity index (χ3n) is 6.17. The molecule has 0 saturated carbocycles. The highest BCUT2D eigenvalue weighted by atomic mass is 16.5. The number of hydrogen-bond acceptors (Lipinski definition) is 3. The molecule has 0 aliphatic carbocycles. The fourth-order valence-electron chi connectivity index (χ4n) is 4.47. The Labute approximate surface area is 176 Å². The molecule has 5 heteroatoms. The fourth-order valence-corrected chi connectivity index (χ4v) is 4.47. The summed E-state index contributed by atoms with van der Waals surface area (Å²) in [5.41, 5.74) is 2.37. The molecule has 1 aromatic heterocycles. The summed E-state index contributed by atoms with van der Waals surface area (Å²) in [6, 6.07) is 17.4. The van der Waals surface area contributed by atoms with Gasteiger partial charge in [0.25, 0.3) is 11.5 Å². The fraction of sp³-hybridized carbons (Fsp3) is 0.360. The predicted molar refractivity (Wildman–Crippen MR) is 119 cm³/mol. The van der Waals surface area contributed by atoms with Crippen LogP contribution in [-0.4, -0.2) is 35.1 Å². The number of likely N-dealkylation sites (tertiary alicyclic amines) is 1. The average Bonchev–Trinajstić information content (AvgIpc) is 2.80. The molecule has 0 spiro atoms. The van der Waals surface area contributed by atoms with Gasteiger partial charge in [0.1, 0.15) is 5.75 Å². The molecule has 1 fully saturated rings. The van der Waals surface area contributed by atoms with Crippen molar-refractivity contribution < 1.29 is 9.53 Å². The third-order valence-corrected chi connectivity index (χ3v) is 6.17. The van der Waals surface area contributed by atoms with Crippen molar-refractivity contribution in [3.8, 4) is 5.75 Å². The lowest BCUT2D eigenvalue weighted by atomic mass is 9.94. The van der Waals surface area contributed by atoms with Crippen molar-refractivity contribution in [2.45, 2.75) is 38.1 Å². The van der Waals surface area contributed by atoms with Gasteiger partial charge in [0.05, 0.1) is 18.2 Å². The van der Waals surface area contributed by atoms with Crippen LogP contribution in [0.1, 0.15) is 41.6 Å². The van der Waals surface area contributed by atoms with Crippen LogP contribution in [0, 0.1) is 0 Å². The summed E-state index contributed by atoms with van der Waals surface area (Å²) in [4.78, 5) is 28.0. The molecule has 1 atom stereocenters. The highest BCUT2D eigenvalue weighted by molar-refractivity contribution is 6.06. The van der Waals surface area contributed by atoms with Crippen molar-refractivity contribution in [2.75, 3.05) is 13.7 Å². The molecule has 0 N–H and O–H groups in total. The summed E-state index contributed by atoms with van der Waals surface area (Å²) in [7, 11) is 3.42. The molecular weight excluding hydrogens is 376 g/mol. The van der Waals surface area contributed by atoms with E-state index in [4.69, 9.17) is 4.74 Å². The largest absolute Gasteiger partial charge is 0.497 e. The van der Waals surface area contributed by atoms with Gasteiger partial charge in [0, 0.05) is 31.1 Å². The number of amides is 1. The minimum absolute atomic E-state index is 0.0285. The van der Waals surface area contributed by atoms with Crippen LogP contribution in [0.5, 0.6) is 5.75 Å². The maximum atomic E-state index is 13.6. The van der Waals surface area contributed by atoms with Gasteiger partial charge in [-0.25, -0.2) is 0 Å². The van der Waals surface area contributed by atoms with Crippen LogP contribution in [0.15, 0.2) is 59.4 Å². The summed E-state index contributed by atoms with van der Waals surface area (Å²) in [5.74, 6) is 0.829. The molecule has 5 nitrogen and oxygen atoms in total. The van der Waals surface area contributed by atoms with Crippen LogP contribution in [0.2, 0.25) is 0 Å². The van der Waals surface area contributed by atoms with Crippen LogP contribution in [0.25, 0.3) is 10.9 Å². The van der Waals surface area contributed by atoms with E-state index in [2.05, 4.69) is 12.1 Å². The number of carbonyl (C=O) groups excluding carboxylic acids is 1. The van der Waals surface area contributed by atoms with E-state index in [0.717, 1.165) is 55.3 Å². The highest BCUT2D eigenvalue weighted by Gasteiger charge is 2.28. The molecule has 156 valence electrons. The Kier molecular flexibility index (Phi) is 5.88. The molecule has 4 rings (SSSR count). The zero-order chi connectivity index (χ0) is 21.1. The maximum Gasteiger partial charge on any atom is 0.254 e. The monoisotopic (exact) mass is 404 g/mol. The quantitative estimate of drug-likeness (QED) is 0.641. The van der Waals surface area contributed by atoms with Crippen molar-refractivity contribution in [1.82, 2.24) is 9.47 Å². The Balaban J connectivity index is 1.60. The van der Waals surface area contributed by atoms with E-state index in [1.807, 2.05) is 41.3 Å². The Morgan fingerprint density at radius 1 is 1.10 bits per heavy atom. The van der Waals surface area contributed by atoms with Gasteiger partial charge in [-0.1, -0.05) is 30.3 Å². The number of nitrogens with zero attached hydrogens (tertiary/aromatic N) is 2. The van der Waals surface area contributed by atoms with Crippen molar-refractivity contribution in [3.63, 3.8) is 0 Å². The average molecular weight is 405 g/mol. The second-order valence-electron chi connectivity index (χ2n) is 8.01. The zero-order valence-corrected chi connectivity index (χ0v) is 17.6. The molecule has 2 aromatic carbocycles. The normalized spacial score (nSPS) is 16.6. The van der Waals surface area contributed by atoms with Gasteiger partial charge >= 0.3 is 0 Å². The predicted octanol–water partition coefficient (Wildman–Crippen LogP) is 4.17. The maximum absolute atomic E-state index is 13.6. The molecular formula is C25H28N2O3. The SMILES string of the molecule is COc1cccc(CC[C@H]2CCCCN2C(=O)c2cc(=O)n(C)c3ccccc23)c1. The van der Waals surface area contributed by atoms with Gasteiger partial charge in [-0.05, 0) is 55.9 Å². The summed E-state index contributed by atoms with van der Waals surface area (Å²) < 4.78 is 6.93. The van der Waals surface area contributed by atoms with Gasteiger partial charge in [0.2, 0.25) is 0 Å². The van der Waals surface area contributed by atoms with Crippen LogP contribution in [-0.2, 0) is 13.5 Å². The molecule has 1 amide bonds. The first-order valence-corrected chi connectivity index (χ1v) is 10.6. The van der Waals surface area contributed by atoms with Crippen molar-refractivity contribution >= 4 is 16.8 Å². The number of para-hydroxylation sites is 1. The zero-order valence-electron chi connectivity index (χ0n) is 17.6. The number of piperidine rings is 1. The van der Waals surface area contributed by atoms with Crippen LogP contribution in [0.4, 0.5) is 0 Å². The molecule has 1 aliphatic rings. The number of fused-ring (bicyclic) bond motifs is 1. The number of carbonyl (C=O) groups is 1. The Morgan fingerprint density at radius 3 is 2.77 bits per heavy atom. The summed E-state index contributed by atoms with van der Waals surface area (Å²) in [6.45, 7) is 0.741. The van der Waals surface area contributed by atoms with E-state index >= 15 is 0 Å². The smallest absolute Gasteiger partial charge is 0.254 e. The van der Waals surface area contributed by atoms with E-state index in [9.17, 15) is 9.59 Å². The van der Waals surface area contributed by atoms with E-state index < -0.39 is 0 Å². The van der Waals surface area contributed by atoms with Crippen LogP contribution >= 0.6 is 0 Å². The first-order chi connectivity index (χ1) is 14.6. The third kappa shape index (κ3) is 3.97. The molecule has 0 bridgehead atoms. The topological polar surface area (TPSA) is 51.5 Å². The Hall–Kier alpha value is -3.08. The summed E-state index contributed by atoms with van der Waals surface area (Å²) in [5, 5.41) is 0.835. The van der Waals surface area contributed by atoms with E-state index in [1.54, 1.807) is 18.7 Å². The Morgan fingerprint density at radius 2 is 1.93 bits per heavy atom. The van der Waals surface area contributed by atoms with E-state index in [1.165, 1.54) is 11.6 Å². The highest BCUT2D eigenvalue weighted by Crippen LogP contribution is 2.26. The minimum atomic E-state index is -0.151. The lowest BCUT2D eigenvalue weighted by Gasteiger charge is -2.36. The number of hydrogen-bond donors (Lipinski definition) is 0. The second kappa shape index (κ2) is 8.74. The molecule has 0 radical (unpaired) electrons. The van der Waals surface area contributed by atoms with Gasteiger partial charge in [-0.3, -0.25) is 9.59 Å². The molecule has 3 aromatic rings. The Bertz CT molecular complexity index is 1120. The summed E-state index contributed by atoms with van der Waals surface area (Å²) in [6.07, 6.45) is 4.93. The van der Waals surface area contributed by atoms with Crippen molar-refractivity contribution in [3.05, 3.63) is 76.1 Å². The summed E-state index contributed by atoms with van der Waals surface area (Å²) >= 11 is 0. The van der Waals surface area contributed by atoms with Gasteiger partial charge in [-0.15, -0.1) is 0 Å². The first kappa shape index (κ1) is 20.2. The number of methoxy groups -OCH3 is 1. The molecule has 2 heterocycles. The van der Waals surface area contributed by atoms with Crippen LogP contribution < -0.4 is 10.3 Å².